The Morgan fingerprint density at radius 1 is 0.943 bits per heavy atom. The zero-order chi connectivity index (χ0) is 25.1. The van der Waals surface area contributed by atoms with E-state index in [-0.39, 0.29) is 18.4 Å². The van der Waals surface area contributed by atoms with E-state index in [1.54, 1.807) is 12.1 Å². The summed E-state index contributed by atoms with van der Waals surface area (Å²) in [6.45, 7) is 5.71. The van der Waals surface area contributed by atoms with Gasteiger partial charge in [-0.15, -0.1) is 10.2 Å². The van der Waals surface area contributed by atoms with Crippen molar-refractivity contribution in [1.29, 1.82) is 0 Å². The van der Waals surface area contributed by atoms with E-state index in [0.717, 1.165) is 22.6 Å². The zero-order valence-corrected chi connectivity index (χ0v) is 20.5. The average molecular weight is 478 g/mol. The molecule has 9 heteroatoms. The Kier molecular flexibility index (Phi) is 6.77. The maximum absolute atomic E-state index is 12.8. The number of hydrogen-bond donors (Lipinski definition) is 0. The lowest BCUT2D eigenvalue weighted by atomic mass is 10.2. The number of methoxy groups -OCH3 is 3. The molecule has 4 rings (SSSR count). The Hall–Kier alpha value is -4.27. The van der Waals surface area contributed by atoms with Crippen LogP contribution in [0.5, 0.6) is 17.2 Å². The van der Waals surface area contributed by atoms with Crippen LogP contribution in [0.25, 0.3) is 17.1 Å². The molecular formula is C26H27N3O6. The Balaban J connectivity index is 1.51. The molecule has 0 aliphatic rings. The van der Waals surface area contributed by atoms with E-state index in [9.17, 15) is 4.79 Å². The molecule has 2 aromatic carbocycles. The second-order valence-electron chi connectivity index (χ2n) is 7.95. The van der Waals surface area contributed by atoms with Gasteiger partial charge < -0.3 is 27.9 Å². The third-order valence-electron chi connectivity index (χ3n) is 5.62. The Morgan fingerprint density at radius 3 is 2.29 bits per heavy atom. The number of carbonyl (C=O) groups is 1. The van der Waals surface area contributed by atoms with Gasteiger partial charge in [-0.1, -0.05) is 12.1 Å². The second-order valence-corrected chi connectivity index (χ2v) is 7.95. The van der Waals surface area contributed by atoms with E-state index in [0.29, 0.717) is 28.4 Å². The number of ether oxygens (including phenoxy) is 4. The molecule has 0 aliphatic carbocycles. The molecule has 0 aliphatic heterocycles. The van der Waals surface area contributed by atoms with Crippen LogP contribution in [0, 0.1) is 20.8 Å². The molecule has 2 heterocycles. The predicted octanol–water partition coefficient (Wildman–Crippen LogP) is 4.84. The first-order valence-electron chi connectivity index (χ1n) is 10.9. The summed E-state index contributed by atoms with van der Waals surface area (Å²) in [6, 6.07) is 13.3. The van der Waals surface area contributed by atoms with Gasteiger partial charge in [0, 0.05) is 22.6 Å². The van der Waals surface area contributed by atoms with Gasteiger partial charge in [-0.05, 0) is 56.7 Å². The Labute approximate surface area is 203 Å². The van der Waals surface area contributed by atoms with Crippen LogP contribution in [0.4, 0.5) is 0 Å². The van der Waals surface area contributed by atoms with Crippen molar-refractivity contribution in [1.82, 2.24) is 14.8 Å². The van der Waals surface area contributed by atoms with Crippen LogP contribution >= 0.6 is 0 Å². The van der Waals surface area contributed by atoms with Crippen LogP contribution in [0.1, 0.15) is 33.2 Å². The maximum Gasteiger partial charge on any atom is 0.340 e. The molecule has 0 N–H and O–H groups in total. The van der Waals surface area contributed by atoms with Crippen LogP contribution in [0.2, 0.25) is 0 Å². The first-order valence-corrected chi connectivity index (χ1v) is 10.9. The molecule has 0 radical (unpaired) electrons. The van der Waals surface area contributed by atoms with Crippen molar-refractivity contribution in [2.75, 3.05) is 21.3 Å². The smallest absolute Gasteiger partial charge is 0.340 e. The van der Waals surface area contributed by atoms with Gasteiger partial charge in [-0.2, -0.15) is 0 Å². The van der Waals surface area contributed by atoms with Gasteiger partial charge in [-0.3, -0.25) is 0 Å². The fraction of sp³-hybridized carbons (Fsp3) is 0.269. The van der Waals surface area contributed by atoms with Crippen LogP contribution in [-0.2, 0) is 11.3 Å². The van der Waals surface area contributed by atoms with Crippen LogP contribution in [0.15, 0.2) is 46.9 Å². The number of carbonyl (C=O) groups excluding carboxylic acids is 1. The maximum atomic E-state index is 12.8. The summed E-state index contributed by atoms with van der Waals surface area (Å²) in [5, 5.41) is 8.07. The minimum atomic E-state index is -0.468. The third kappa shape index (κ3) is 4.70. The lowest BCUT2D eigenvalue weighted by molar-refractivity contribution is 0.0438. The lowest BCUT2D eigenvalue weighted by Crippen LogP contribution is -2.07. The van der Waals surface area contributed by atoms with Crippen LogP contribution < -0.4 is 14.2 Å². The van der Waals surface area contributed by atoms with Crippen molar-refractivity contribution in [3.8, 4) is 34.4 Å². The number of nitrogens with zero attached hydrogens (tertiary/aromatic N) is 3. The first kappa shape index (κ1) is 23.9. The highest BCUT2D eigenvalue weighted by Crippen LogP contribution is 2.40. The van der Waals surface area contributed by atoms with Crippen molar-refractivity contribution in [2.24, 2.45) is 0 Å². The summed E-state index contributed by atoms with van der Waals surface area (Å²) >= 11 is 0. The molecule has 0 saturated heterocycles. The summed E-state index contributed by atoms with van der Waals surface area (Å²) in [6.07, 6.45) is 0. The fourth-order valence-corrected chi connectivity index (χ4v) is 3.97. The van der Waals surface area contributed by atoms with Gasteiger partial charge in [0.25, 0.3) is 5.89 Å². The lowest BCUT2D eigenvalue weighted by Gasteiger charge is -2.12. The van der Waals surface area contributed by atoms with Gasteiger partial charge in [-0.25, -0.2) is 4.79 Å². The minimum Gasteiger partial charge on any atom is -0.493 e. The molecule has 182 valence electrons. The van der Waals surface area contributed by atoms with Crippen molar-refractivity contribution in [3.63, 3.8) is 0 Å². The molecule has 0 unspecified atom stereocenters. The molecule has 0 spiro atoms. The molecule has 0 amide bonds. The quantitative estimate of drug-likeness (QED) is 0.333. The van der Waals surface area contributed by atoms with Gasteiger partial charge in [0.15, 0.2) is 18.1 Å². The fourth-order valence-electron chi connectivity index (χ4n) is 3.97. The van der Waals surface area contributed by atoms with Crippen LogP contribution in [-0.4, -0.2) is 42.1 Å². The van der Waals surface area contributed by atoms with Gasteiger partial charge in [0.2, 0.25) is 11.6 Å². The summed E-state index contributed by atoms with van der Waals surface area (Å²) < 4.78 is 29.3. The highest BCUT2D eigenvalue weighted by Gasteiger charge is 2.21. The topological polar surface area (TPSA) is 97.8 Å². The monoisotopic (exact) mass is 477 g/mol. The number of hydrogen-bond acceptors (Lipinski definition) is 8. The molecule has 9 nitrogen and oxygen atoms in total. The highest BCUT2D eigenvalue weighted by atomic mass is 16.5. The SMILES string of the molecule is COc1cc(-c2nnc(COC(=O)c3cc(C)n(-c4cccc(C)c4)c3C)o2)cc(OC)c1OC. The molecular weight excluding hydrogens is 450 g/mol. The molecule has 0 atom stereocenters. The van der Waals surface area contributed by atoms with E-state index < -0.39 is 5.97 Å². The normalized spacial score (nSPS) is 10.8. The molecule has 0 bridgehead atoms. The summed E-state index contributed by atoms with van der Waals surface area (Å²) in [7, 11) is 4.57. The van der Waals surface area contributed by atoms with Crippen molar-refractivity contribution >= 4 is 5.97 Å². The summed E-state index contributed by atoms with van der Waals surface area (Å²) in [5.41, 5.74) is 4.91. The van der Waals surface area contributed by atoms with E-state index in [2.05, 4.69) is 16.3 Å². The minimum absolute atomic E-state index is 0.162. The number of aromatic nitrogens is 3. The number of rotatable bonds is 8. The number of benzene rings is 2. The molecule has 4 aromatic rings. The molecule has 0 saturated carbocycles. The predicted molar refractivity (Wildman–Crippen MR) is 128 cm³/mol. The highest BCUT2D eigenvalue weighted by molar-refractivity contribution is 5.91. The van der Waals surface area contributed by atoms with E-state index in [1.165, 1.54) is 21.3 Å². The van der Waals surface area contributed by atoms with Crippen molar-refractivity contribution in [2.45, 2.75) is 27.4 Å². The van der Waals surface area contributed by atoms with Crippen molar-refractivity contribution in [3.05, 3.63) is 70.9 Å². The third-order valence-corrected chi connectivity index (χ3v) is 5.62. The number of esters is 1. The van der Waals surface area contributed by atoms with Crippen LogP contribution in [0.3, 0.4) is 0 Å². The first-order chi connectivity index (χ1) is 16.9. The molecule has 2 aromatic heterocycles. The standard InChI is InChI=1S/C26H27N3O6/c1-15-8-7-9-19(10-15)29-16(2)11-20(17(29)3)26(30)34-14-23-27-28-25(35-23)18-12-21(31-4)24(33-6)22(13-18)32-5/h7-13H,14H2,1-6H3. The van der Waals surface area contributed by atoms with Gasteiger partial charge >= 0.3 is 5.97 Å². The van der Waals surface area contributed by atoms with Gasteiger partial charge in [0.1, 0.15) is 0 Å². The summed E-state index contributed by atoms with van der Waals surface area (Å²) in [5.74, 6) is 1.29. The Morgan fingerprint density at radius 2 is 1.66 bits per heavy atom. The molecule has 35 heavy (non-hydrogen) atoms. The largest absolute Gasteiger partial charge is 0.493 e. The van der Waals surface area contributed by atoms with Gasteiger partial charge in [0.05, 0.1) is 26.9 Å². The van der Waals surface area contributed by atoms with Crippen molar-refractivity contribution < 1.29 is 28.2 Å². The van der Waals surface area contributed by atoms with E-state index in [1.807, 2.05) is 49.6 Å². The Bertz CT molecular complexity index is 1350. The summed E-state index contributed by atoms with van der Waals surface area (Å²) in [4.78, 5) is 12.8. The number of aryl methyl sites for hydroxylation is 2. The zero-order valence-electron chi connectivity index (χ0n) is 20.5. The second kappa shape index (κ2) is 9.92. The molecule has 0 fully saturated rings. The van der Waals surface area contributed by atoms with E-state index >= 15 is 0 Å². The average Bonchev–Trinajstić information content (AvgIpc) is 3.45. The van der Waals surface area contributed by atoms with E-state index in [4.69, 9.17) is 23.4 Å².